The first kappa shape index (κ1) is 13.4. The van der Waals surface area contributed by atoms with Crippen molar-refractivity contribution in [1.82, 2.24) is 9.88 Å². The number of carbonyl (C=O) groups is 2. The van der Waals surface area contributed by atoms with E-state index in [1.807, 2.05) is 0 Å². The van der Waals surface area contributed by atoms with Crippen LogP contribution in [0.3, 0.4) is 0 Å². The van der Waals surface area contributed by atoms with Gasteiger partial charge in [-0.1, -0.05) is 0 Å². The Balaban J connectivity index is 1.52. The lowest BCUT2D eigenvalue weighted by Gasteiger charge is -2.38. The van der Waals surface area contributed by atoms with Crippen molar-refractivity contribution in [2.45, 2.75) is 32.1 Å². The fourth-order valence-corrected chi connectivity index (χ4v) is 3.73. The molecule has 0 unspecified atom stereocenters. The summed E-state index contributed by atoms with van der Waals surface area (Å²) in [5.74, 6) is -0.717. The fraction of sp³-hybridized carbons (Fsp3) is 0.615. The Morgan fingerprint density at radius 2 is 2.10 bits per heavy atom. The van der Waals surface area contributed by atoms with E-state index >= 15 is 0 Å². The zero-order chi connectivity index (χ0) is 14.1. The van der Waals surface area contributed by atoms with E-state index in [0.717, 1.165) is 18.5 Å². The molecule has 0 atom stereocenters. The molecule has 1 aromatic heterocycles. The number of urea groups is 1. The minimum atomic E-state index is -0.803. The maximum atomic E-state index is 12.0. The highest BCUT2D eigenvalue weighted by Gasteiger charge is 2.32. The average molecular weight is 295 g/mol. The Hall–Kier alpha value is -1.63. The summed E-state index contributed by atoms with van der Waals surface area (Å²) in [5, 5.41) is 12.2. The average Bonchev–Trinajstić information content (AvgIpc) is 2.74. The van der Waals surface area contributed by atoms with Crippen molar-refractivity contribution in [3.05, 3.63) is 10.6 Å². The fourth-order valence-electron chi connectivity index (χ4n) is 2.69. The zero-order valence-corrected chi connectivity index (χ0v) is 11.9. The van der Waals surface area contributed by atoms with E-state index in [1.165, 1.54) is 17.7 Å². The summed E-state index contributed by atoms with van der Waals surface area (Å²) >= 11 is 1.56. The zero-order valence-electron chi connectivity index (χ0n) is 11.1. The van der Waals surface area contributed by atoms with Crippen LogP contribution in [0.4, 0.5) is 9.93 Å². The van der Waals surface area contributed by atoms with Crippen LogP contribution in [0.25, 0.3) is 0 Å². The number of hydrogen-bond acceptors (Lipinski definition) is 4. The van der Waals surface area contributed by atoms with Gasteiger partial charge in [0.05, 0.1) is 12.1 Å². The number of thiazole rings is 1. The number of hydrogen-bond donors (Lipinski definition) is 2. The highest BCUT2D eigenvalue weighted by Crippen LogP contribution is 2.30. The number of amides is 2. The summed E-state index contributed by atoms with van der Waals surface area (Å²) in [6.07, 6.45) is 4.58. The standard InChI is InChI=1S/C13H17N3O3S/c17-11(18)5-8-6-16(7-8)13(19)15-12-14-9-3-1-2-4-10(9)20-12/h8H,1-7H2,(H,17,18)(H,14,15,19). The van der Waals surface area contributed by atoms with Crippen LogP contribution in [0, 0.1) is 5.92 Å². The Bertz CT molecular complexity index is 513. The summed E-state index contributed by atoms with van der Waals surface area (Å²) in [7, 11) is 0. The van der Waals surface area contributed by atoms with E-state index < -0.39 is 5.97 Å². The molecule has 6 nitrogen and oxygen atoms in total. The van der Waals surface area contributed by atoms with Crippen LogP contribution in [-0.4, -0.2) is 40.1 Å². The van der Waals surface area contributed by atoms with Gasteiger partial charge in [-0.05, 0) is 25.7 Å². The lowest BCUT2D eigenvalue weighted by molar-refractivity contribution is -0.139. The van der Waals surface area contributed by atoms with Crippen LogP contribution in [0.5, 0.6) is 0 Å². The molecule has 1 fully saturated rings. The minimum absolute atomic E-state index is 0.0859. The van der Waals surface area contributed by atoms with Gasteiger partial charge in [0.2, 0.25) is 0 Å². The molecule has 2 amide bonds. The van der Waals surface area contributed by atoms with Gasteiger partial charge in [0.15, 0.2) is 5.13 Å². The monoisotopic (exact) mass is 295 g/mol. The first-order valence-corrected chi connectivity index (χ1v) is 7.70. The molecular weight excluding hydrogens is 278 g/mol. The van der Waals surface area contributed by atoms with Crippen LogP contribution in [0.2, 0.25) is 0 Å². The van der Waals surface area contributed by atoms with Crippen molar-refractivity contribution >= 4 is 28.5 Å². The van der Waals surface area contributed by atoms with Crippen molar-refractivity contribution in [3.8, 4) is 0 Å². The third-order valence-electron chi connectivity index (χ3n) is 3.77. The molecule has 1 saturated heterocycles. The van der Waals surface area contributed by atoms with Crippen molar-refractivity contribution in [3.63, 3.8) is 0 Å². The molecule has 0 saturated carbocycles. The van der Waals surface area contributed by atoms with E-state index in [2.05, 4.69) is 10.3 Å². The molecule has 2 aliphatic rings. The maximum Gasteiger partial charge on any atom is 0.323 e. The molecule has 2 N–H and O–H groups in total. The molecule has 7 heteroatoms. The second kappa shape index (κ2) is 5.40. The first-order chi connectivity index (χ1) is 9.61. The topological polar surface area (TPSA) is 82.5 Å². The Morgan fingerprint density at radius 1 is 1.35 bits per heavy atom. The van der Waals surface area contributed by atoms with Crippen LogP contribution in [0.15, 0.2) is 0 Å². The van der Waals surface area contributed by atoms with Gasteiger partial charge in [-0.25, -0.2) is 9.78 Å². The number of aryl methyl sites for hydroxylation is 2. The van der Waals surface area contributed by atoms with Crippen molar-refractivity contribution < 1.29 is 14.7 Å². The van der Waals surface area contributed by atoms with Gasteiger partial charge < -0.3 is 10.0 Å². The van der Waals surface area contributed by atoms with E-state index in [9.17, 15) is 9.59 Å². The molecule has 20 heavy (non-hydrogen) atoms. The summed E-state index contributed by atoms with van der Waals surface area (Å²) in [5.41, 5.74) is 1.13. The second-order valence-electron chi connectivity index (χ2n) is 5.40. The van der Waals surface area contributed by atoms with Gasteiger partial charge in [-0.15, -0.1) is 11.3 Å². The number of aliphatic carboxylic acids is 1. The number of carbonyl (C=O) groups excluding carboxylic acids is 1. The number of carboxylic acids is 1. The third-order valence-corrected chi connectivity index (χ3v) is 4.84. The normalized spacial score (nSPS) is 18.3. The van der Waals surface area contributed by atoms with Gasteiger partial charge >= 0.3 is 12.0 Å². The van der Waals surface area contributed by atoms with Crippen LogP contribution >= 0.6 is 11.3 Å². The van der Waals surface area contributed by atoms with E-state index in [1.54, 1.807) is 16.2 Å². The second-order valence-corrected chi connectivity index (χ2v) is 6.48. The predicted molar refractivity (Wildman–Crippen MR) is 75.1 cm³/mol. The molecule has 3 rings (SSSR count). The van der Waals surface area contributed by atoms with Gasteiger partial charge in [0.25, 0.3) is 0 Å². The molecule has 0 radical (unpaired) electrons. The van der Waals surface area contributed by atoms with Crippen LogP contribution in [-0.2, 0) is 17.6 Å². The summed E-state index contributed by atoms with van der Waals surface area (Å²) < 4.78 is 0. The molecule has 2 heterocycles. The van der Waals surface area contributed by atoms with Gasteiger partial charge in [0, 0.05) is 23.9 Å². The van der Waals surface area contributed by atoms with Gasteiger partial charge in [-0.2, -0.15) is 0 Å². The van der Waals surface area contributed by atoms with E-state index in [-0.39, 0.29) is 18.4 Å². The minimum Gasteiger partial charge on any atom is -0.481 e. The molecule has 1 aromatic rings. The number of rotatable bonds is 3. The number of fused-ring (bicyclic) bond motifs is 1. The number of likely N-dealkylation sites (tertiary alicyclic amines) is 1. The Labute approximate surface area is 120 Å². The lowest BCUT2D eigenvalue weighted by Crippen LogP contribution is -2.52. The van der Waals surface area contributed by atoms with Crippen molar-refractivity contribution in [2.75, 3.05) is 18.4 Å². The highest BCUT2D eigenvalue weighted by molar-refractivity contribution is 7.15. The smallest absolute Gasteiger partial charge is 0.323 e. The van der Waals surface area contributed by atoms with Crippen molar-refractivity contribution in [2.24, 2.45) is 5.92 Å². The summed E-state index contributed by atoms with van der Waals surface area (Å²) in [4.78, 5) is 29.9. The van der Waals surface area contributed by atoms with Gasteiger partial charge in [0.1, 0.15) is 0 Å². The van der Waals surface area contributed by atoms with E-state index in [4.69, 9.17) is 5.11 Å². The molecule has 1 aliphatic carbocycles. The SMILES string of the molecule is O=C(O)CC1CN(C(=O)Nc2nc3c(s2)CCCC3)C1. The molecular formula is C13H17N3O3S. The maximum absolute atomic E-state index is 12.0. The number of aromatic nitrogens is 1. The quantitative estimate of drug-likeness (QED) is 0.893. The Kier molecular flexibility index (Phi) is 3.60. The molecule has 0 spiro atoms. The molecule has 0 aromatic carbocycles. The number of carboxylic acid groups (broad SMARTS) is 1. The van der Waals surface area contributed by atoms with Crippen molar-refractivity contribution in [1.29, 1.82) is 0 Å². The Morgan fingerprint density at radius 3 is 2.80 bits per heavy atom. The predicted octanol–water partition coefficient (Wildman–Crippen LogP) is 1.96. The molecule has 1 aliphatic heterocycles. The summed E-state index contributed by atoms with van der Waals surface area (Å²) in [6.45, 7) is 1.03. The highest BCUT2D eigenvalue weighted by atomic mass is 32.1. The molecule has 0 bridgehead atoms. The van der Waals surface area contributed by atoms with Crippen LogP contribution in [0.1, 0.15) is 29.8 Å². The lowest BCUT2D eigenvalue weighted by atomic mass is 9.97. The van der Waals surface area contributed by atoms with E-state index in [0.29, 0.717) is 18.2 Å². The van der Waals surface area contributed by atoms with Gasteiger partial charge in [-0.3, -0.25) is 10.1 Å². The summed E-state index contributed by atoms with van der Waals surface area (Å²) in [6, 6.07) is -0.169. The first-order valence-electron chi connectivity index (χ1n) is 6.88. The number of nitrogens with zero attached hydrogens (tertiary/aromatic N) is 2. The van der Waals surface area contributed by atoms with Crippen LogP contribution < -0.4 is 5.32 Å². The molecule has 108 valence electrons. The largest absolute Gasteiger partial charge is 0.481 e. The number of anilines is 1. The number of nitrogens with one attached hydrogen (secondary N) is 1. The third kappa shape index (κ3) is 2.77.